The number of hydrogen-bond donors (Lipinski definition) is 3. The maximum absolute atomic E-state index is 13.5. The van der Waals surface area contributed by atoms with E-state index in [4.69, 9.17) is 4.74 Å². The average Bonchev–Trinajstić information content (AvgIpc) is 3.17. The predicted octanol–water partition coefficient (Wildman–Crippen LogP) is 4.20. The largest absolute Gasteiger partial charge is 0.449 e. The second kappa shape index (κ2) is 10.2. The molecule has 10 heteroatoms. The molecule has 0 bridgehead atoms. The van der Waals surface area contributed by atoms with E-state index in [1.165, 1.54) is 0 Å². The third-order valence-corrected chi connectivity index (χ3v) is 6.00. The van der Waals surface area contributed by atoms with Crippen LogP contribution in [0.15, 0.2) is 60.7 Å². The number of hydrogen-bond acceptors (Lipinski definition) is 6. The third kappa shape index (κ3) is 4.98. The lowest BCUT2D eigenvalue weighted by atomic mass is 9.98. The lowest BCUT2D eigenvalue weighted by Crippen LogP contribution is -2.31. The first-order valence-electron chi connectivity index (χ1n) is 10.9. The van der Waals surface area contributed by atoms with Crippen LogP contribution in [0.2, 0.25) is 0 Å². The Hall–Kier alpha value is -3.89. The summed E-state index contributed by atoms with van der Waals surface area (Å²) in [4.78, 5) is 22.3. The second-order valence-electron chi connectivity index (χ2n) is 8.14. The van der Waals surface area contributed by atoms with Gasteiger partial charge in [0.2, 0.25) is 0 Å². The molecular weight excluding hydrogens is 462 g/mol. The fraction of sp³-hybridized carbons (Fsp3) is 0.240. The zero-order valence-electron chi connectivity index (χ0n) is 18.4. The number of nitro groups is 1. The lowest BCUT2D eigenvalue weighted by molar-refractivity contribution is -0.386. The Balaban J connectivity index is 1.32. The van der Waals surface area contributed by atoms with Gasteiger partial charge in [0.15, 0.2) is 11.6 Å². The van der Waals surface area contributed by atoms with Gasteiger partial charge in [-0.05, 0) is 34.7 Å². The van der Waals surface area contributed by atoms with Crippen molar-refractivity contribution in [2.45, 2.75) is 24.5 Å². The van der Waals surface area contributed by atoms with Crippen molar-refractivity contribution in [3.8, 4) is 11.1 Å². The summed E-state index contributed by atoms with van der Waals surface area (Å²) in [6.07, 6.45) is -4.42. The number of aliphatic hydroxyl groups excluding tert-OH is 2. The minimum absolute atomic E-state index is 0.0894. The van der Waals surface area contributed by atoms with E-state index in [9.17, 15) is 33.9 Å². The lowest BCUT2D eigenvalue weighted by Gasteiger charge is -2.19. The molecule has 1 aliphatic carbocycles. The Labute approximate surface area is 198 Å². The topological polar surface area (TPSA) is 122 Å². The van der Waals surface area contributed by atoms with E-state index in [0.29, 0.717) is 12.1 Å². The maximum Gasteiger partial charge on any atom is 0.407 e. The maximum atomic E-state index is 13.5. The van der Waals surface area contributed by atoms with Gasteiger partial charge in [0.1, 0.15) is 12.7 Å². The number of benzene rings is 3. The van der Waals surface area contributed by atoms with Gasteiger partial charge in [-0.25, -0.2) is 13.6 Å². The van der Waals surface area contributed by atoms with Crippen LogP contribution in [0, 0.1) is 21.7 Å². The highest BCUT2D eigenvalue weighted by molar-refractivity contribution is 5.79. The zero-order valence-corrected chi connectivity index (χ0v) is 18.4. The van der Waals surface area contributed by atoms with Crippen LogP contribution in [0.25, 0.3) is 11.1 Å². The van der Waals surface area contributed by atoms with Crippen molar-refractivity contribution in [1.29, 1.82) is 0 Å². The van der Waals surface area contributed by atoms with Crippen molar-refractivity contribution in [3.63, 3.8) is 0 Å². The van der Waals surface area contributed by atoms with E-state index in [1.807, 2.05) is 48.5 Å². The molecule has 3 aromatic carbocycles. The van der Waals surface area contributed by atoms with Crippen molar-refractivity contribution in [3.05, 3.63) is 99.1 Å². The number of carbonyl (C=O) groups is 1. The molecule has 2 unspecified atom stereocenters. The van der Waals surface area contributed by atoms with Crippen molar-refractivity contribution in [2.75, 3.05) is 13.2 Å². The normalized spacial score (nSPS) is 14.1. The van der Waals surface area contributed by atoms with Crippen LogP contribution in [-0.4, -0.2) is 40.5 Å². The SMILES string of the molecule is O=C(NCCC(O)C(O)c1cc(F)c(F)cc1[N+](=O)[O-])OCC1c2ccccc2-c2ccccc21. The number of carbonyl (C=O) groups excluding carboxylic acids is 1. The van der Waals surface area contributed by atoms with Crippen LogP contribution in [-0.2, 0) is 4.74 Å². The summed E-state index contributed by atoms with van der Waals surface area (Å²) in [5.74, 6) is -2.97. The number of aliphatic hydroxyl groups is 2. The van der Waals surface area contributed by atoms with Gasteiger partial charge < -0.3 is 20.3 Å². The number of nitro benzene ring substituents is 1. The molecule has 1 amide bonds. The number of fused-ring (bicyclic) bond motifs is 3. The Morgan fingerprint density at radius 1 is 1.03 bits per heavy atom. The molecule has 0 saturated heterocycles. The molecule has 0 radical (unpaired) electrons. The molecule has 0 heterocycles. The van der Waals surface area contributed by atoms with Gasteiger partial charge in [-0.1, -0.05) is 48.5 Å². The number of alkyl carbamates (subject to hydrolysis) is 1. The number of amides is 1. The summed E-state index contributed by atoms with van der Waals surface area (Å²) in [6, 6.07) is 16.5. The van der Waals surface area contributed by atoms with Crippen LogP contribution in [0.3, 0.4) is 0 Å². The first-order chi connectivity index (χ1) is 16.8. The number of ether oxygens (including phenoxy) is 1. The molecule has 182 valence electrons. The standard InChI is InChI=1S/C25H22F2N2O6/c26-20-11-18(22(29(33)34)12-21(20)27)24(31)23(30)9-10-28-25(32)35-13-19-16-7-3-1-5-14(16)15-6-2-4-8-17(15)19/h1-8,11-12,19,23-24,30-31H,9-10,13H2,(H,28,32). The first kappa shape index (κ1) is 24.2. The minimum Gasteiger partial charge on any atom is -0.449 e. The summed E-state index contributed by atoms with van der Waals surface area (Å²) < 4.78 is 32.2. The van der Waals surface area contributed by atoms with E-state index < -0.39 is 46.1 Å². The van der Waals surface area contributed by atoms with E-state index in [2.05, 4.69) is 5.32 Å². The quantitative estimate of drug-likeness (QED) is 0.326. The fourth-order valence-corrected chi connectivity index (χ4v) is 4.28. The molecule has 2 atom stereocenters. The Morgan fingerprint density at radius 3 is 2.20 bits per heavy atom. The van der Waals surface area contributed by atoms with Gasteiger partial charge in [-0.2, -0.15) is 0 Å². The second-order valence-corrected chi connectivity index (χ2v) is 8.14. The highest BCUT2D eigenvalue weighted by Crippen LogP contribution is 2.44. The van der Waals surface area contributed by atoms with E-state index in [0.717, 1.165) is 22.3 Å². The zero-order chi connectivity index (χ0) is 25.1. The van der Waals surface area contributed by atoms with Gasteiger partial charge in [0.05, 0.1) is 22.7 Å². The van der Waals surface area contributed by atoms with Gasteiger partial charge in [0.25, 0.3) is 5.69 Å². The van der Waals surface area contributed by atoms with Crippen molar-refractivity contribution >= 4 is 11.8 Å². The predicted molar refractivity (Wildman–Crippen MR) is 122 cm³/mol. The smallest absolute Gasteiger partial charge is 0.407 e. The molecule has 35 heavy (non-hydrogen) atoms. The van der Waals surface area contributed by atoms with Crippen molar-refractivity contribution in [1.82, 2.24) is 5.32 Å². The van der Waals surface area contributed by atoms with Crippen molar-refractivity contribution < 1.29 is 33.4 Å². The first-order valence-corrected chi connectivity index (χ1v) is 10.9. The molecule has 0 saturated carbocycles. The van der Waals surface area contributed by atoms with E-state index in [-0.39, 0.29) is 25.5 Å². The van der Waals surface area contributed by atoms with Crippen LogP contribution >= 0.6 is 0 Å². The van der Waals surface area contributed by atoms with E-state index >= 15 is 0 Å². The number of halogens is 2. The number of rotatable bonds is 8. The highest BCUT2D eigenvalue weighted by Gasteiger charge is 2.30. The number of nitrogens with one attached hydrogen (secondary N) is 1. The Morgan fingerprint density at radius 2 is 1.60 bits per heavy atom. The van der Waals surface area contributed by atoms with Gasteiger partial charge in [0, 0.05) is 12.5 Å². The van der Waals surface area contributed by atoms with E-state index in [1.54, 1.807) is 0 Å². The van der Waals surface area contributed by atoms with Crippen LogP contribution in [0.1, 0.15) is 35.1 Å². The Bertz CT molecular complexity index is 1220. The molecule has 0 aliphatic heterocycles. The van der Waals surface area contributed by atoms with Crippen LogP contribution in [0.5, 0.6) is 0 Å². The van der Waals surface area contributed by atoms with Crippen LogP contribution in [0.4, 0.5) is 19.3 Å². The van der Waals surface area contributed by atoms with Gasteiger partial charge >= 0.3 is 6.09 Å². The molecule has 4 rings (SSSR count). The monoisotopic (exact) mass is 484 g/mol. The molecule has 0 fully saturated rings. The molecule has 0 aromatic heterocycles. The van der Waals surface area contributed by atoms with Gasteiger partial charge in [-0.15, -0.1) is 0 Å². The average molecular weight is 484 g/mol. The van der Waals surface area contributed by atoms with Crippen LogP contribution < -0.4 is 5.32 Å². The minimum atomic E-state index is -1.87. The molecule has 0 spiro atoms. The van der Waals surface area contributed by atoms with Gasteiger partial charge in [-0.3, -0.25) is 10.1 Å². The Kier molecular flexibility index (Phi) is 7.04. The summed E-state index contributed by atoms with van der Waals surface area (Å²) in [5, 5.41) is 34.0. The molecule has 3 N–H and O–H groups in total. The molecular formula is C25H22F2N2O6. The number of nitrogens with zero attached hydrogens (tertiary/aromatic N) is 1. The molecule has 3 aromatic rings. The third-order valence-electron chi connectivity index (χ3n) is 6.00. The molecule has 8 nitrogen and oxygen atoms in total. The molecule has 1 aliphatic rings. The summed E-state index contributed by atoms with van der Waals surface area (Å²) in [7, 11) is 0. The summed E-state index contributed by atoms with van der Waals surface area (Å²) in [6.45, 7) is -0.0432. The van der Waals surface area contributed by atoms with Crippen molar-refractivity contribution in [2.24, 2.45) is 0 Å². The fourth-order valence-electron chi connectivity index (χ4n) is 4.28. The highest BCUT2D eigenvalue weighted by atomic mass is 19.2. The summed E-state index contributed by atoms with van der Waals surface area (Å²) in [5.41, 5.74) is 2.84. The summed E-state index contributed by atoms with van der Waals surface area (Å²) >= 11 is 0.